The third-order valence-electron chi connectivity index (χ3n) is 2.79. The van der Waals surface area contributed by atoms with Crippen molar-refractivity contribution < 1.29 is 22.5 Å². The highest BCUT2D eigenvalue weighted by Crippen LogP contribution is 2.36. The molecule has 1 aromatic carbocycles. The van der Waals surface area contributed by atoms with E-state index in [0.29, 0.717) is 5.69 Å². The van der Waals surface area contributed by atoms with Crippen molar-refractivity contribution in [2.24, 2.45) is 0 Å². The van der Waals surface area contributed by atoms with Gasteiger partial charge in [-0.1, -0.05) is 16.8 Å². The molecule has 4 nitrogen and oxygen atoms in total. The van der Waals surface area contributed by atoms with Gasteiger partial charge >= 0.3 is 6.18 Å². The molecule has 1 heterocycles. The lowest BCUT2D eigenvalue weighted by Gasteiger charge is -2.11. The van der Waals surface area contributed by atoms with E-state index in [0.717, 1.165) is 12.1 Å². The Balaban J connectivity index is 2.31. The van der Waals surface area contributed by atoms with Crippen LogP contribution in [0.1, 0.15) is 27.4 Å². The van der Waals surface area contributed by atoms with Crippen molar-refractivity contribution >= 4 is 23.2 Å². The fourth-order valence-corrected chi connectivity index (χ4v) is 2.05. The fraction of sp³-hybridized carbons (Fsp3) is 0.231. The third-order valence-corrected chi connectivity index (χ3v) is 3.12. The Kier molecular flexibility index (Phi) is 3.95. The molecule has 1 N–H and O–H groups in total. The van der Waals surface area contributed by atoms with Crippen LogP contribution in [0.5, 0.6) is 0 Å². The molecule has 0 atom stereocenters. The zero-order valence-corrected chi connectivity index (χ0v) is 11.8. The van der Waals surface area contributed by atoms with Gasteiger partial charge in [0.05, 0.1) is 16.3 Å². The second kappa shape index (κ2) is 5.40. The summed E-state index contributed by atoms with van der Waals surface area (Å²) in [6.45, 7) is 3.10. The molecular formula is C13H10ClF3N2O2. The van der Waals surface area contributed by atoms with Gasteiger partial charge in [-0.3, -0.25) is 4.79 Å². The highest BCUT2D eigenvalue weighted by molar-refractivity contribution is 6.31. The van der Waals surface area contributed by atoms with Gasteiger partial charge < -0.3 is 9.84 Å². The summed E-state index contributed by atoms with van der Waals surface area (Å²) in [5.41, 5.74) is -0.481. The van der Waals surface area contributed by atoms with Crippen LogP contribution in [-0.4, -0.2) is 11.1 Å². The summed E-state index contributed by atoms with van der Waals surface area (Å²) in [5, 5.41) is 5.55. The predicted molar refractivity (Wildman–Crippen MR) is 70.4 cm³/mol. The quantitative estimate of drug-likeness (QED) is 0.902. The molecule has 0 spiro atoms. The van der Waals surface area contributed by atoms with Crippen LogP contribution in [0.15, 0.2) is 22.7 Å². The second-order valence-corrected chi connectivity index (χ2v) is 4.75. The average molecular weight is 319 g/mol. The Morgan fingerprint density at radius 3 is 2.52 bits per heavy atom. The zero-order chi connectivity index (χ0) is 15.8. The van der Waals surface area contributed by atoms with E-state index in [9.17, 15) is 18.0 Å². The average Bonchev–Trinajstić information content (AvgIpc) is 2.70. The Morgan fingerprint density at radius 1 is 1.33 bits per heavy atom. The standard InChI is InChI=1S/C13H10ClF3N2O2/c1-6-11(7(2)21-19-6)12(20)18-8-3-4-10(14)9(5-8)13(15,16)17/h3-5H,1-2H3,(H,18,20). The zero-order valence-electron chi connectivity index (χ0n) is 11.0. The van der Waals surface area contributed by atoms with E-state index in [2.05, 4.69) is 10.5 Å². The molecule has 112 valence electrons. The molecule has 2 aromatic rings. The molecule has 0 radical (unpaired) electrons. The molecule has 21 heavy (non-hydrogen) atoms. The van der Waals surface area contributed by atoms with Gasteiger partial charge in [-0.05, 0) is 32.0 Å². The Bertz CT molecular complexity index is 676. The first-order valence-electron chi connectivity index (χ1n) is 5.81. The maximum absolute atomic E-state index is 12.7. The van der Waals surface area contributed by atoms with E-state index in [1.807, 2.05) is 0 Å². The third kappa shape index (κ3) is 3.18. The number of hydrogen-bond donors (Lipinski definition) is 1. The van der Waals surface area contributed by atoms with E-state index in [1.54, 1.807) is 6.92 Å². The van der Waals surface area contributed by atoms with Crippen LogP contribution >= 0.6 is 11.6 Å². The molecule has 0 aliphatic heterocycles. The molecule has 1 aromatic heterocycles. The van der Waals surface area contributed by atoms with E-state index in [-0.39, 0.29) is 17.0 Å². The number of nitrogens with zero attached hydrogens (tertiary/aromatic N) is 1. The summed E-state index contributed by atoms with van der Waals surface area (Å²) in [6.07, 6.45) is -4.60. The van der Waals surface area contributed by atoms with Crippen LogP contribution in [0.4, 0.5) is 18.9 Å². The minimum atomic E-state index is -4.60. The van der Waals surface area contributed by atoms with E-state index >= 15 is 0 Å². The Labute approximate surface area is 122 Å². The molecule has 0 aliphatic rings. The number of alkyl halides is 3. The van der Waals surface area contributed by atoms with Crippen molar-refractivity contribution in [2.75, 3.05) is 5.32 Å². The summed E-state index contributed by atoms with van der Waals surface area (Å²) in [5.74, 6) is -0.309. The highest BCUT2D eigenvalue weighted by atomic mass is 35.5. The maximum atomic E-state index is 12.7. The number of nitrogens with one attached hydrogen (secondary N) is 1. The molecule has 2 rings (SSSR count). The normalized spacial score (nSPS) is 11.5. The molecule has 1 amide bonds. The highest BCUT2D eigenvalue weighted by Gasteiger charge is 2.33. The number of rotatable bonds is 2. The lowest BCUT2D eigenvalue weighted by atomic mass is 10.1. The van der Waals surface area contributed by atoms with Gasteiger partial charge in [-0.25, -0.2) is 0 Å². The monoisotopic (exact) mass is 318 g/mol. The van der Waals surface area contributed by atoms with Gasteiger partial charge in [-0.2, -0.15) is 13.2 Å². The number of amides is 1. The van der Waals surface area contributed by atoms with Crippen LogP contribution < -0.4 is 5.32 Å². The van der Waals surface area contributed by atoms with Gasteiger partial charge in [-0.15, -0.1) is 0 Å². The Morgan fingerprint density at radius 2 is 2.00 bits per heavy atom. The van der Waals surface area contributed by atoms with Gasteiger partial charge in [0.25, 0.3) is 5.91 Å². The number of carbonyl (C=O) groups is 1. The minimum Gasteiger partial charge on any atom is -0.361 e. The van der Waals surface area contributed by atoms with Gasteiger partial charge in [0.1, 0.15) is 11.3 Å². The van der Waals surface area contributed by atoms with Crippen LogP contribution in [0.3, 0.4) is 0 Å². The van der Waals surface area contributed by atoms with Gasteiger partial charge in [0.15, 0.2) is 0 Å². The van der Waals surface area contributed by atoms with Crippen molar-refractivity contribution in [2.45, 2.75) is 20.0 Å². The topological polar surface area (TPSA) is 55.1 Å². The molecule has 0 fully saturated rings. The lowest BCUT2D eigenvalue weighted by molar-refractivity contribution is -0.137. The first-order chi connectivity index (χ1) is 9.70. The van der Waals surface area contributed by atoms with Gasteiger partial charge in [0.2, 0.25) is 0 Å². The van der Waals surface area contributed by atoms with Crippen LogP contribution in [0.2, 0.25) is 5.02 Å². The summed E-state index contributed by atoms with van der Waals surface area (Å²) < 4.78 is 43.1. The van der Waals surface area contributed by atoms with Crippen molar-refractivity contribution in [3.8, 4) is 0 Å². The summed E-state index contributed by atoms with van der Waals surface area (Å²) in [4.78, 5) is 12.0. The summed E-state index contributed by atoms with van der Waals surface area (Å²) in [6, 6.07) is 3.14. The molecule has 0 bridgehead atoms. The van der Waals surface area contributed by atoms with Crippen molar-refractivity contribution in [3.05, 3.63) is 45.8 Å². The van der Waals surface area contributed by atoms with Crippen molar-refractivity contribution in [1.29, 1.82) is 0 Å². The number of aromatic nitrogens is 1. The van der Waals surface area contributed by atoms with Crippen LogP contribution in [-0.2, 0) is 6.18 Å². The van der Waals surface area contributed by atoms with Crippen LogP contribution in [0.25, 0.3) is 0 Å². The largest absolute Gasteiger partial charge is 0.417 e. The number of benzene rings is 1. The smallest absolute Gasteiger partial charge is 0.361 e. The van der Waals surface area contributed by atoms with Crippen molar-refractivity contribution in [1.82, 2.24) is 5.16 Å². The Hall–Kier alpha value is -2.02. The first kappa shape index (κ1) is 15.4. The molecule has 0 saturated heterocycles. The SMILES string of the molecule is Cc1noc(C)c1C(=O)Nc1ccc(Cl)c(C(F)(F)F)c1. The first-order valence-corrected chi connectivity index (χ1v) is 6.19. The number of anilines is 1. The second-order valence-electron chi connectivity index (χ2n) is 4.35. The maximum Gasteiger partial charge on any atom is 0.417 e. The predicted octanol–water partition coefficient (Wildman–Crippen LogP) is 4.22. The molecule has 0 saturated carbocycles. The summed E-state index contributed by atoms with van der Waals surface area (Å²) in [7, 11) is 0. The van der Waals surface area contributed by atoms with E-state index in [1.165, 1.54) is 13.0 Å². The fourth-order valence-electron chi connectivity index (χ4n) is 1.82. The van der Waals surface area contributed by atoms with Crippen molar-refractivity contribution in [3.63, 3.8) is 0 Å². The summed E-state index contributed by atoms with van der Waals surface area (Å²) >= 11 is 5.51. The number of aryl methyl sites for hydroxylation is 2. The number of carbonyl (C=O) groups excluding carboxylic acids is 1. The number of halogens is 4. The van der Waals surface area contributed by atoms with E-state index < -0.39 is 22.7 Å². The molecule has 0 unspecified atom stereocenters. The molecule has 8 heteroatoms. The van der Waals surface area contributed by atoms with Gasteiger partial charge in [0, 0.05) is 5.69 Å². The van der Waals surface area contributed by atoms with Crippen LogP contribution in [0, 0.1) is 13.8 Å². The molecular weight excluding hydrogens is 309 g/mol. The lowest BCUT2D eigenvalue weighted by Crippen LogP contribution is -2.14. The van der Waals surface area contributed by atoms with E-state index in [4.69, 9.17) is 16.1 Å². The minimum absolute atomic E-state index is 0.0169. The number of hydrogen-bond acceptors (Lipinski definition) is 3. The molecule has 0 aliphatic carbocycles.